The molecular formula is C73H110O5. The van der Waals surface area contributed by atoms with Crippen molar-refractivity contribution in [1.82, 2.24) is 0 Å². The highest BCUT2D eigenvalue weighted by Crippen LogP contribution is 2.12. The molecule has 0 heterocycles. The number of esters is 2. The molecule has 0 aliphatic heterocycles. The van der Waals surface area contributed by atoms with Crippen LogP contribution in [0.2, 0.25) is 0 Å². The average Bonchev–Trinajstić information content (AvgIpc) is 3.44. The van der Waals surface area contributed by atoms with Crippen molar-refractivity contribution in [3.63, 3.8) is 0 Å². The fourth-order valence-electron chi connectivity index (χ4n) is 7.56. The second-order valence-corrected chi connectivity index (χ2v) is 19.3. The van der Waals surface area contributed by atoms with Gasteiger partial charge in [0.1, 0.15) is 6.61 Å². The number of aliphatic hydroxyl groups excluding tert-OH is 1. The summed E-state index contributed by atoms with van der Waals surface area (Å²) >= 11 is 0. The molecule has 1 atom stereocenters. The lowest BCUT2D eigenvalue weighted by Gasteiger charge is -2.15. The average molecular weight is 1070 g/mol. The lowest BCUT2D eigenvalue weighted by atomic mass is 10.1. The first-order valence-corrected chi connectivity index (χ1v) is 30.6. The molecule has 5 nitrogen and oxygen atoms in total. The summed E-state index contributed by atoms with van der Waals surface area (Å²) in [5.74, 6) is -0.649. The van der Waals surface area contributed by atoms with E-state index in [1.807, 2.05) is 0 Å². The Kier molecular flexibility index (Phi) is 61.1. The van der Waals surface area contributed by atoms with E-state index in [4.69, 9.17) is 9.47 Å². The van der Waals surface area contributed by atoms with Gasteiger partial charge in [-0.05, 0) is 148 Å². The van der Waals surface area contributed by atoms with Crippen LogP contribution in [0.15, 0.2) is 207 Å². The van der Waals surface area contributed by atoms with Crippen LogP contribution in [0.1, 0.15) is 219 Å². The summed E-state index contributed by atoms with van der Waals surface area (Å²) in [5, 5.41) is 9.66. The van der Waals surface area contributed by atoms with Gasteiger partial charge in [-0.15, -0.1) is 0 Å². The van der Waals surface area contributed by atoms with Crippen LogP contribution in [0.25, 0.3) is 0 Å². The molecule has 78 heavy (non-hydrogen) atoms. The molecule has 0 aromatic carbocycles. The molecule has 1 unspecified atom stereocenters. The number of rotatable bonds is 53. The quantitative estimate of drug-likeness (QED) is 0.0373. The molecule has 0 amide bonds. The number of hydrogen-bond donors (Lipinski definition) is 1. The number of unbranched alkanes of at least 4 members (excludes halogenated alkanes) is 11. The van der Waals surface area contributed by atoms with Gasteiger partial charge in [0.2, 0.25) is 0 Å². The maximum absolute atomic E-state index is 12.3. The van der Waals surface area contributed by atoms with Crippen molar-refractivity contribution in [3.05, 3.63) is 207 Å². The molecule has 0 aromatic rings. The molecule has 0 aliphatic carbocycles. The molecule has 432 valence electrons. The minimum atomic E-state index is -0.807. The lowest BCUT2D eigenvalue weighted by molar-refractivity contribution is -0.161. The van der Waals surface area contributed by atoms with Gasteiger partial charge in [-0.1, -0.05) is 265 Å². The van der Waals surface area contributed by atoms with Crippen LogP contribution >= 0.6 is 0 Å². The summed E-state index contributed by atoms with van der Waals surface area (Å²) in [6.07, 6.45) is 107. The van der Waals surface area contributed by atoms with Gasteiger partial charge in [0.05, 0.1) is 6.61 Å². The fourth-order valence-corrected chi connectivity index (χ4v) is 7.56. The topological polar surface area (TPSA) is 72.8 Å². The van der Waals surface area contributed by atoms with E-state index in [9.17, 15) is 14.7 Å². The Labute approximate surface area is 479 Å². The van der Waals surface area contributed by atoms with Gasteiger partial charge >= 0.3 is 11.9 Å². The number of allylic oxidation sites excluding steroid dienone is 34. The molecule has 5 heteroatoms. The Bertz CT molecular complexity index is 1880. The highest BCUT2D eigenvalue weighted by Gasteiger charge is 2.16. The van der Waals surface area contributed by atoms with E-state index in [1.165, 1.54) is 25.7 Å². The SMILES string of the molecule is CC/C=C\C/C=C\C/C=C\C/C=C\C/C=C\C/C=C\C/C=C\C/C=C\C/C=C\C/C=C\C/C=C\CCCCCCCCCC(=O)OC(CO)COC(=O)CCCCCC/C=C\C/C=C\C/C=C\C/C=C\C/C=C\C/C=C\CC. The predicted molar refractivity (Wildman–Crippen MR) is 342 cm³/mol. The first-order chi connectivity index (χ1) is 38.6. The second kappa shape index (κ2) is 65.8. The number of hydrogen-bond acceptors (Lipinski definition) is 5. The number of carbonyl (C=O) groups is 2. The maximum Gasteiger partial charge on any atom is 0.306 e. The molecule has 0 radical (unpaired) electrons. The number of ether oxygens (including phenoxy) is 2. The van der Waals surface area contributed by atoms with E-state index in [2.05, 4.69) is 220 Å². The predicted octanol–water partition coefficient (Wildman–Crippen LogP) is 21.4. The normalized spacial score (nSPS) is 13.7. The zero-order valence-electron chi connectivity index (χ0n) is 49.3. The zero-order valence-corrected chi connectivity index (χ0v) is 49.3. The van der Waals surface area contributed by atoms with Crippen LogP contribution in [0.3, 0.4) is 0 Å². The van der Waals surface area contributed by atoms with E-state index in [1.54, 1.807) is 0 Å². The first-order valence-electron chi connectivity index (χ1n) is 30.6. The molecule has 0 spiro atoms. The first kappa shape index (κ1) is 72.5. The summed E-state index contributed by atoms with van der Waals surface area (Å²) in [7, 11) is 0. The lowest BCUT2D eigenvalue weighted by Crippen LogP contribution is -2.28. The van der Waals surface area contributed by atoms with Crippen LogP contribution < -0.4 is 0 Å². The number of aliphatic hydroxyl groups is 1. The van der Waals surface area contributed by atoms with Gasteiger partial charge < -0.3 is 14.6 Å². The van der Waals surface area contributed by atoms with E-state index in [-0.39, 0.29) is 25.2 Å². The van der Waals surface area contributed by atoms with Crippen molar-refractivity contribution in [2.45, 2.75) is 225 Å². The van der Waals surface area contributed by atoms with Gasteiger partial charge in [0.15, 0.2) is 6.10 Å². The molecule has 0 saturated carbocycles. The monoisotopic (exact) mass is 1070 g/mol. The Morgan fingerprint density at radius 1 is 0.295 bits per heavy atom. The highest BCUT2D eigenvalue weighted by molar-refractivity contribution is 5.70. The van der Waals surface area contributed by atoms with Gasteiger partial charge in [0.25, 0.3) is 0 Å². The summed E-state index contributed by atoms with van der Waals surface area (Å²) in [6, 6.07) is 0. The van der Waals surface area contributed by atoms with Gasteiger partial charge in [-0.3, -0.25) is 9.59 Å². The van der Waals surface area contributed by atoms with E-state index in [0.29, 0.717) is 12.8 Å². The van der Waals surface area contributed by atoms with E-state index < -0.39 is 6.10 Å². The minimum absolute atomic E-state index is 0.0982. The van der Waals surface area contributed by atoms with Crippen molar-refractivity contribution >= 4 is 11.9 Å². The van der Waals surface area contributed by atoms with E-state index >= 15 is 0 Å². The van der Waals surface area contributed by atoms with Crippen LogP contribution in [0, 0.1) is 0 Å². The van der Waals surface area contributed by atoms with Crippen LogP contribution in [-0.4, -0.2) is 36.4 Å². The van der Waals surface area contributed by atoms with Crippen LogP contribution in [0.4, 0.5) is 0 Å². The van der Waals surface area contributed by atoms with Crippen molar-refractivity contribution in [1.29, 1.82) is 0 Å². The van der Waals surface area contributed by atoms with Gasteiger partial charge in [-0.25, -0.2) is 0 Å². The fraction of sp³-hybridized carbons (Fsp3) is 0.507. The summed E-state index contributed by atoms with van der Waals surface area (Å²) < 4.78 is 10.7. The van der Waals surface area contributed by atoms with Crippen molar-refractivity contribution < 1.29 is 24.2 Å². The smallest absolute Gasteiger partial charge is 0.306 e. The molecular weight excluding hydrogens is 957 g/mol. The molecule has 0 aromatic heterocycles. The largest absolute Gasteiger partial charge is 0.462 e. The van der Waals surface area contributed by atoms with Crippen LogP contribution in [0.5, 0.6) is 0 Å². The third-order valence-electron chi connectivity index (χ3n) is 12.1. The molecule has 0 aliphatic rings. The third kappa shape index (κ3) is 63.0. The number of carbonyl (C=O) groups excluding carboxylic acids is 2. The highest BCUT2D eigenvalue weighted by atomic mass is 16.6. The Balaban J connectivity index is 3.68. The van der Waals surface area contributed by atoms with Crippen LogP contribution in [-0.2, 0) is 19.1 Å². The Morgan fingerprint density at radius 3 is 0.769 bits per heavy atom. The molecule has 1 N–H and O–H groups in total. The van der Waals surface area contributed by atoms with Crippen molar-refractivity contribution in [2.75, 3.05) is 13.2 Å². The Hall–Kier alpha value is -5.52. The minimum Gasteiger partial charge on any atom is -0.462 e. The molecule has 0 saturated heterocycles. The van der Waals surface area contributed by atoms with Crippen molar-refractivity contribution in [2.24, 2.45) is 0 Å². The van der Waals surface area contributed by atoms with Gasteiger partial charge in [0, 0.05) is 12.8 Å². The molecule has 0 bridgehead atoms. The maximum atomic E-state index is 12.3. The summed E-state index contributed by atoms with van der Waals surface area (Å²) in [6.45, 7) is 3.86. The summed E-state index contributed by atoms with van der Waals surface area (Å²) in [5.41, 5.74) is 0. The van der Waals surface area contributed by atoms with E-state index in [0.717, 1.165) is 167 Å². The third-order valence-corrected chi connectivity index (χ3v) is 12.1. The second-order valence-electron chi connectivity index (χ2n) is 19.3. The standard InChI is InChI=1S/C73H110O5/c1-3-5-7-9-11-13-15-17-19-21-23-25-27-28-29-30-31-32-33-34-35-36-37-38-39-40-41-42-43-44-46-48-50-52-54-56-58-60-62-64-66-68-73(76)78-71(69-74)70-77-72(75)67-65-63-61-59-57-55-53-51-49-47-45-26-24-22-20-18-16-14-12-10-8-6-4-2/h5-8,11-14,17-20,23-26,28-29,31-32,34-35,37-38,40-41,43-44,47-50,53,55,71,74H,3-4,9-10,15-16,21-22,27,30,33,36,39,42,45-46,51-52,54,56-70H2,1-2H3/b7-5-,8-6-,13-11-,14-12-,19-17-,20-18-,25-23-,26-24-,29-28-,32-31-,35-34-,38-37-,41-40-,44-43-,49-47-,50-48-,55-53-. The molecule has 0 fully saturated rings. The van der Waals surface area contributed by atoms with Crippen molar-refractivity contribution in [3.8, 4) is 0 Å². The molecule has 0 rings (SSSR count). The zero-order chi connectivity index (χ0) is 56.2. The summed E-state index contributed by atoms with van der Waals surface area (Å²) in [4.78, 5) is 24.6. The van der Waals surface area contributed by atoms with Gasteiger partial charge in [-0.2, -0.15) is 0 Å². The Morgan fingerprint density at radius 2 is 0.513 bits per heavy atom.